The van der Waals surface area contributed by atoms with Crippen molar-refractivity contribution in [1.82, 2.24) is 15.5 Å². The molecule has 3 N–H and O–H groups in total. The summed E-state index contributed by atoms with van der Waals surface area (Å²) in [4.78, 5) is 25.9. The molecule has 1 aromatic rings. The molecule has 6 heteroatoms. The van der Waals surface area contributed by atoms with Crippen LogP contribution in [0.3, 0.4) is 0 Å². The molecule has 2 amide bonds. The molecule has 1 unspecified atom stereocenters. The van der Waals surface area contributed by atoms with E-state index in [0.717, 1.165) is 5.56 Å². The average Bonchev–Trinajstić information content (AvgIpc) is 2.48. The summed E-state index contributed by atoms with van der Waals surface area (Å²) in [6.45, 7) is 3.33. The van der Waals surface area contributed by atoms with E-state index in [1.807, 2.05) is 6.92 Å². The minimum Gasteiger partial charge on any atom is -0.507 e. The van der Waals surface area contributed by atoms with Crippen LogP contribution in [0, 0.1) is 6.92 Å². The lowest BCUT2D eigenvalue weighted by Gasteiger charge is -2.35. The average molecular weight is 277 g/mol. The van der Waals surface area contributed by atoms with Gasteiger partial charge in [0.15, 0.2) is 0 Å². The van der Waals surface area contributed by atoms with Gasteiger partial charge in [-0.05, 0) is 19.1 Å². The van der Waals surface area contributed by atoms with E-state index in [-0.39, 0.29) is 23.1 Å². The Morgan fingerprint density at radius 3 is 2.90 bits per heavy atom. The van der Waals surface area contributed by atoms with Gasteiger partial charge in [0.2, 0.25) is 5.91 Å². The zero-order chi connectivity index (χ0) is 14.7. The van der Waals surface area contributed by atoms with Crippen molar-refractivity contribution in [3.8, 4) is 5.75 Å². The molecule has 1 fully saturated rings. The zero-order valence-corrected chi connectivity index (χ0v) is 11.6. The van der Waals surface area contributed by atoms with Crippen LogP contribution >= 0.6 is 0 Å². The molecule has 2 rings (SSSR count). The van der Waals surface area contributed by atoms with E-state index in [2.05, 4.69) is 10.6 Å². The number of carbonyl (C=O) groups excluding carboxylic acids is 2. The Labute approximate surface area is 117 Å². The number of phenols is 1. The zero-order valence-electron chi connectivity index (χ0n) is 11.6. The second kappa shape index (κ2) is 5.92. The van der Waals surface area contributed by atoms with E-state index >= 15 is 0 Å². The fourth-order valence-electron chi connectivity index (χ4n) is 2.32. The molecule has 1 aromatic carbocycles. The van der Waals surface area contributed by atoms with E-state index in [1.165, 1.54) is 11.0 Å². The first-order valence-electron chi connectivity index (χ1n) is 6.57. The van der Waals surface area contributed by atoms with Gasteiger partial charge >= 0.3 is 0 Å². The number of rotatable bonds is 2. The van der Waals surface area contributed by atoms with Crippen LogP contribution in [0.5, 0.6) is 5.75 Å². The van der Waals surface area contributed by atoms with Crippen molar-refractivity contribution in [2.45, 2.75) is 13.0 Å². The van der Waals surface area contributed by atoms with E-state index in [4.69, 9.17) is 0 Å². The third-order valence-corrected chi connectivity index (χ3v) is 3.44. The number of nitrogens with zero attached hydrogens (tertiary/aromatic N) is 1. The lowest BCUT2D eigenvalue weighted by atomic mass is 10.1. The summed E-state index contributed by atoms with van der Waals surface area (Å²) in [6.07, 6.45) is 0. The second-order valence-corrected chi connectivity index (χ2v) is 4.85. The predicted molar refractivity (Wildman–Crippen MR) is 74.6 cm³/mol. The van der Waals surface area contributed by atoms with Gasteiger partial charge in [-0.15, -0.1) is 0 Å². The molecular formula is C14H19N3O3. The van der Waals surface area contributed by atoms with Crippen LogP contribution in [0.2, 0.25) is 0 Å². The van der Waals surface area contributed by atoms with E-state index in [9.17, 15) is 14.7 Å². The van der Waals surface area contributed by atoms with Crippen LogP contribution in [0.1, 0.15) is 15.9 Å². The van der Waals surface area contributed by atoms with Gasteiger partial charge in [-0.2, -0.15) is 0 Å². The monoisotopic (exact) mass is 277 g/mol. The summed E-state index contributed by atoms with van der Waals surface area (Å²) in [5.74, 6) is -0.589. The smallest absolute Gasteiger partial charge is 0.258 e. The third kappa shape index (κ3) is 2.75. The molecule has 1 aliphatic heterocycles. The highest BCUT2D eigenvalue weighted by atomic mass is 16.3. The number of aromatic hydroxyl groups is 1. The molecule has 20 heavy (non-hydrogen) atoms. The van der Waals surface area contributed by atoms with Crippen LogP contribution in [-0.4, -0.2) is 54.5 Å². The quantitative estimate of drug-likeness (QED) is 0.703. The summed E-state index contributed by atoms with van der Waals surface area (Å²) < 4.78 is 0. The number of hydrogen-bond donors (Lipinski definition) is 3. The minimum atomic E-state index is -0.554. The molecule has 0 bridgehead atoms. The van der Waals surface area contributed by atoms with Gasteiger partial charge in [-0.1, -0.05) is 11.6 Å². The van der Waals surface area contributed by atoms with Crippen molar-refractivity contribution in [1.29, 1.82) is 0 Å². The lowest BCUT2D eigenvalue weighted by Crippen LogP contribution is -2.59. The van der Waals surface area contributed by atoms with E-state index < -0.39 is 6.04 Å². The molecular weight excluding hydrogens is 258 g/mol. The number of hydrogen-bond acceptors (Lipinski definition) is 4. The normalized spacial score (nSPS) is 18.7. The Bertz CT molecular complexity index is 530. The van der Waals surface area contributed by atoms with Crippen molar-refractivity contribution in [3.05, 3.63) is 29.3 Å². The van der Waals surface area contributed by atoms with Crippen molar-refractivity contribution < 1.29 is 14.7 Å². The largest absolute Gasteiger partial charge is 0.507 e. The third-order valence-electron chi connectivity index (χ3n) is 3.44. The fourth-order valence-corrected chi connectivity index (χ4v) is 2.32. The molecule has 1 saturated heterocycles. The van der Waals surface area contributed by atoms with Crippen LogP contribution in [0.25, 0.3) is 0 Å². The van der Waals surface area contributed by atoms with Crippen LogP contribution < -0.4 is 10.6 Å². The summed E-state index contributed by atoms with van der Waals surface area (Å²) >= 11 is 0. The highest BCUT2D eigenvalue weighted by molar-refractivity contribution is 6.00. The maximum Gasteiger partial charge on any atom is 0.258 e. The first kappa shape index (κ1) is 14.3. The Morgan fingerprint density at radius 2 is 2.20 bits per heavy atom. The highest BCUT2D eigenvalue weighted by Crippen LogP contribution is 2.21. The van der Waals surface area contributed by atoms with Gasteiger partial charge in [-0.25, -0.2) is 0 Å². The minimum absolute atomic E-state index is 0.0604. The SMILES string of the molecule is CNC(=O)C1CNCCN1C(=O)c1cc(C)ccc1O. The van der Waals surface area contributed by atoms with Crippen molar-refractivity contribution in [2.75, 3.05) is 26.7 Å². The van der Waals surface area contributed by atoms with Crippen molar-refractivity contribution in [2.24, 2.45) is 0 Å². The maximum absolute atomic E-state index is 12.6. The first-order chi connectivity index (χ1) is 9.54. The Kier molecular flexibility index (Phi) is 4.24. The summed E-state index contributed by atoms with van der Waals surface area (Å²) in [7, 11) is 1.55. The molecule has 0 aliphatic carbocycles. The molecule has 0 spiro atoms. The van der Waals surface area contributed by atoms with Crippen LogP contribution in [-0.2, 0) is 4.79 Å². The van der Waals surface area contributed by atoms with Gasteiger partial charge in [0.1, 0.15) is 11.8 Å². The molecule has 1 heterocycles. The second-order valence-electron chi connectivity index (χ2n) is 4.85. The lowest BCUT2D eigenvalue weighted by molar-refractivity contribution is -0.125. The van der Waals surface area contributed by atoms with Gasteiger partial charge in [-0.3, -0.25) is 9.59 Å². The number of amides is 2. The van der Waals surface area contributed by atoms with Crippen LogP contribution in [0.15, 0.2) is 18.2 Å². The number of likely N-dealkylation sites (N-methyl/N-ethyl adjacent to an activating group) is 1. The van der Waals surface area contributed by atoms with E-state index in [1.54, 1.807) is 19.2 Å². The number of phenolic OH excluding ortho intramolecular Hbond substituents is 1. The number of carbonyl (C=O) groups is 2. The summed E-state index contributed by atoms with van der Waals surface area (Å²) in [5.41, 5.74) is 1.12. The number of piperazine rings is 1. The number of aryl methyl sites for hydroxylation is 1. The maximum atomic E-state index is 12.6. The van der Waals surface area contributed by atoms with Gasteiger partial charge in [0, 0.05) is 26.7 Å². The Balaban J connectivity index is 2.30. The summed E-state index contributed by atoms with van der Waals surface area (Å²) in [5, 5.41) is 15.5. The van der Waals surface area contributed by atoms with Gasteiger partial charge < -0.3 is 20.6 Å². The molecule has 0 radical (unpaired) electrons. The topological polar surface area (TPSA) is 81.7 Å². The van der Waals surface area contributed by atoms with Crippen molar-refractivity contribution in [3.63, 3.8) is 0 Å². The molecule has 6 nitrogen and oxygen atoms in total. The Morgan fingerprint density at radius 1 is 1.45 bits per heavy atom. The molecule has 108 valence electrons. The predicted octanol–water partition coefficient (Wildman–Crippen LogP) is -0.139. The van der Waals surface area contributed by atoms with Gasteiger partial charge in [0.05, 0.1) is 5.56 Å². The molecule has 1 atom stereocenters. The molecule has 1 aliphatic rings. The van der Waals surface area contributed by atoms with Gasteiger partial charge in [0.25, 0.3) is 5.91 Å². The van der Waals surface area contributed by atoms with Crippen molar-refractivity contribution >= 4 is 11.8 Å². The standard InChI is InChI=1S/C14H19N3O3/c1-9-3-4-12(18)10(7-9)14(20)17-6-5-16-8-11(17)13(19)15-2/h3-4,7,11,16,18H,5-6,8H2,1-2H3,(H,15,19). The first-order valence-corrected chi connectivity index (χ1v) is 6.57. The van der Waals surface area contributed by atoms with Crippen LogP contribution in [0.4, 0.5) is 0 Å². The number of benzene rings is 1. The molecule has 0 aromatic heterocycles. The fraction of sp³-hybridized carbons (Fsp3) is 0.429. The Hall–Kier alpha value is -2.08. The number of nitrogens with one attached hydrogen (secondary N) is 2. The summed E-state index contributed by atoms with van der Waals surface area (Å²) in [6, 6.07) is 4.32. The highest BCUT2D eigenvalue weighted by Gasteiger charge is 2.32. The van der Waals surface area contributed by atoms with E-state index in [0.29, 0.717) is 19.6 Å². The molecule has 0 saturated carbocycles.